The number of para-hydroxylation sites is 10. The summed E-state index contributed by atoms with van der Waals surface area (Å²) in [6.45, 7) is -0.456. The molecule has 10 heteroatoms. The number of hydrogen-bond donors (Lipinski definition) is 0. The molecule has 5 aliphatic rings. The van der Waals surface area contributed by atoms with Crippen LogP contribution in [0.15, 0.2) is 350 Å². The van der Waals surface area contributed by atoms with Crippen molar-refractivity contribution in [3.63, 3.8) is 0 Å². The monoisotopic (exact) mass is 1220 g/mol. The molecule has 0 radical (unpaired) electrons. The van der Waals surface area contributed by atoms with Crippen molar-refractivity contribution in [2.75, 3.05) is 29.4 Å². The second-order valence-corrected chi connectivity index (χ2v) is 25.4. The molecule has 0 fully saturated rings. The van der Waals surface area contributed by atoms with E-state index in [4.69, 9.17) is 4.74 Å². The van der Waals surface area contributed by atoms with Crippen molar-refractivity contribution in [1.82, 2.24) is 0 Å². The van der Waals surface area contributed by atoms with Gasteiger partial charge in [-0.3, -0.25) is 0 Å². The third-order valence-electron chi connectivity index (χ3n) is 19.1. The first-order valence-corrected chi connectivity index (χ1v) is 33.0. The lowest BCUT2D eigenvalue weighted by Gasteiger charge is -2.47. The van der Waals surface area contributed by atoms with Gasteiger partial charge in [-0.05, 0) is 178 Å². The third-order valence-corrected chi connectivity index (χ3v) is 20.3. The number of ether oxygens (including phenoxy) is 1. The molecule has 94 heavy (non-hydrogen) atoms. The van der Waals surface area contributed by atoms with E-state index in [1.54, 1.807) is 11.8 Å². The maximum Gasteiger partial charge on any atom is 0.256 e. The van der Waals surface area contributed by atoms with Gasteiger partial charge in [-0.25, -0.2) is 0 Å². The second-order valence-electron chi connectivity index (χ2n) is 24.4. The predicted molar refractivity (Wildman–Crippen MR) is 394 cm³/mol. The zero-order valence-corrected chi connectivity index (χ0v) is 51.8. The fourth-order valence-corrected chi connectivity index (χ4v) is 16.5. The Kier molecular flexibility index (Phi) is 12.6. The topological polar surface area (TPSA) is 28.7 Å². The highest BCUT2D eigenvalue weighted by atomic mass is 32.2. The molecule has 0 aromatic heterocycles. The number of rotatable bonds is 10. The first-order chi connectivity index (χ1) is 46.7. The summed E-state index contributed by atoms with van der Waals surface area (Å²) in [5, 5.41) is 0. The van der Waals surface area contributed by atoms with E-state index in [0.717, 1.165) is 130 Å². The van der Waals surface area contributed by atoms with Crippen LogP contribution in [0.4, 0.5) is 102 Å². The van der Waals surface area contributed by atoms with E-state index in [9.17, 15) is 0 Å². The molecule has 0 aliphatic carbocycles. The third kappa shape index (κ3) is 8.50. The maximum atomic E-state index is 7.86. The molecule has 0 bridgehead atoms. The SMILES string of the molecule is c1ccc(N(c2ccccc2)c2cc3c4c(c2)N(c2ccccc2)c2cc5c(cc2B4c2ccc4c(c2O3)Sc2ccccc2N4c2ccccc2)B2c3ccccc3N(c3ccccc3)c3cc(N(c4ccccc4)c4ccccc4)cc(c32)N5c2ccccc2)cc1. The molecular weight excluding hydrogens is 1160 g/mol. The number of fused-ring (bicyclic) bond motifs is 11. The highest BCUT2D eigenvalue weighted by molar-refractivity contribution is 8.00. The first kappa shape index (κ1) is 53.9. The minimum absolute atomic E-state index is 0.189. The molecule has 5 aliphatic heterocycles. The average Bonchev–Trinajstić information content (AvgIpc) is 0.686. The van der Waals surface area contributed by atoms with Gasteiger partial charge < -0.3 is 34.1 Å². The number of benzene rings is 14. The Balaban J connectivity index is 0.925. The summed E-state index contributed by atoms with van der Waals surface area (Å²) in [5.74, 6) is 1.69. The van der Waals surface area contributed by atoms with Crippen LogP contribution < -0.4 is 66.9 Å². The summed E-state index contributed by atoms with van der Waals surface area (Å²) >= 11 is 1.80. The highest BCUT2D eigenvalue weighted by Gasteiger charge is 2.49. The minimum atomic E-state index is -0.267. The Labute approximate surface area is 552 Å². The van der Waals surface area contributed by atoms with E-state index in [1.165, 1.54) is 26.7 Å². The highest BCUT2D eigenvalue weighted by Crippen LogP contribution is 2.57. The van der Waals surface area contributed by atoms with Crippen LogP contribution in [-0.2, 0) is 0 Å². The van der Waals surface area contributed by atoms with Gasteiger partial charge in [0.1, 0.15) is 11.5 Å². The number of anilines is 18. The lowest BCUT2D eigenvalue weighted by Crippen LogP contribution is -2.64. The van der Waals surface area contributed by atoms with Crippen LogP contribution in [0, 0.1) is 0 Å². The first-order valence-electron chi connectivity index (χ1n) is 32.1. The van der Waals surface area contributed by atoms with E-state index in [-0.39, 0.29) is 13.4 Å². The van der Waals surface area contributed by atoms with Crippen LogP contribution in [-0.4, -0.2) is 13.4 Å². The molecule has 0 atom stereocenters. The average molecular weight is 1220 g/mol. The van der Waals surface area contributed by atoms with Gasteiger partial charge in [0.25, 0.3) is 13.4 Å². The molecule has 7 nitrogen and oxygen atoms in total. The molecular formula is C84H56B2N6OS. The van der Waals surface area contributed by atoms with Gasteiger partial charge in [0, 0.05) is 90.6 Å². The van der Waals surface area contributed by atoms with E-state index in [0.29, 0.717) is 0 Å². The van der Waals surface area contributed by atoms with E-state index < -0.39 is 0 Å². The fourth-order valence-electron chi connectivity index (χ4n) is 15.3. The molecule has 0 unspecified atom stereocenters. The van der Waals surface area contributed by atoms with Gasteiger partial charge in [-0.2, -0.15) is 0 Å². The van der Waals surface area contributed by atoms with Crippen LogP contribution in [0.25, 0.3) is 0 Å². The molecule has 19 rings (SSSR count). The van der Waals surface area contributed by atoms with E-state index >= 15 is 0 Å². The van der Waals surface area contributed by atoms with Crippen LogP contribution in [0.2, 0.25) is 0 Å². The zero-order valence-electron chi connectivity index (χ0n) is 51.0. The summed E-state index contributed by atoms with van der Waals surface area (Å²) in [6, 6.07) is 124. The van der Waals surface area contributed by atoms with Crippen molar-refractivity contribution < 1.29 is 4.74 Å². The smallest absolute Gasteiger partial charge is 0.256 e. The Morgan fingerprint density at radius 1 is 0.255 bits per heavy atom. The second kappa shape index (κ2) is 21.9. The van der Waals surface area contributed by atoms with Gasteiger partial charge in [-0.15, -0.1) is 0 Å². The molecule has 0 amide bonds. The minimum Gasteiger partial charge on any atom is -0.457 e. The maximum absolute atomic E-state index is 7.86. The molecule has 440 valence electrons. The summed E-state index contributed by atoms with van der Waals surface area (Å²) in [6.07, 6.45) is 0. The fraction of sp³-hybridized carbons (Fsp3) is 0. The molecule has 0 saturated carbocycles. The van der Waals surface area contributed by atoms with Crippen molar-refractivity contribution in [1.29, 1.82) is 0 Å². The molecule has 0 N–H and O–H groups in total. The summed E-state index contributed by atoms with van der Waals surface area (Å²) in [5.41, 5.74) is 26.6. The van der Waals surface area contributed by atoms with Gasteiger partial charge in [0.15, 0.2) is 0 Å². The van der Waals surface area contributed by atoms with E-state index in [1.807, 2.05) is 0 Å². The number of nitrogens with zero attached hydrogens (tertiary/aromatic N) is 6. The van der Waals surface area contributed by atoms with Crippen molar-refractivity contribution in [3.8, 4) is 11.5 Å². The Bertz CT molecular complexity index is 5170. The van der Waals surface area contributed by atoms with Crippen molar-refractivity contribution in [2.45, 2.75) is 9.79 Å². The predicted octanol–water partition coefficient (Wildman–Crippen LogP) is 19.0. The van der Waals surface area contributed by atoms with Gasteiger partial charge in [0.2, 0.25) is 0 Å². The van der Waals surface area contributed by atoms with Crippen LogP contribution >= 0.6 is 11.8 Å². The molecule has 0 spiro atoms. The molecule has 14 aromatic carbocycles. The van der Waals surface area contributed by atoms with Crippen LogP contribution in [0.1, 0.15) is 0 Å². The molecule has 14 aromatic rings. The summed E-state index contributed by atoms with van der Waals surface area (Å²) < 4.78 is 7.86. The zero-order chi connectivity index (χ0) is 61.8. The Hall–Kier alpha value is -11.8. The van der Waals surface area contributed by atoms with Crippen molar-refractivity contribution in [3.05, 3.63) is 340 Å². The lowest BCUT2D eigenvalue weighted by atomic mass is 9.30. The van der Waals surface area contributed by atoms with E-state index in [2.05, 4.69) is 369 Å². The standard InChI is InChI=1S/C84H56B2N6OS/c1-9-29-57(30-10-1)87(58-31-11-2-12-32-58)65-51-76-81-77(52-65)91(63-41-21-7-22-42-63)74-56-75-70(55-69(74)85(81)67-45-25-26-46-71(67)89(76)61-37-17-5-18-38-61)86-68-49-50-73-84(94-80-48-28-27-47-72(80)90(73)62-39-19-6-20-40-62)83(68)93-79-54-66(53-78(82(79)86)92(75)64-43-23-8-24-44-64)88(59-33-13-3-14-34-59)60-35-15-4-16-36-60/h1-56H. The van der Waals surface area contributed by atoms with Gasteiger partial charge in [0.05, 0.1) is 27.6 Å². The van der Waals surface area contributed by atoms with Crippen molar-refractivity contribution in [2.24, 2.45) is 0 Å². The molecule has 5 heterocycles. The number of hydrogen-bond acceptors (Lipinski definition) is 8. The summed E-state index contributed by atoms with van der Waals surface area (Å²) in [4.78, 5) is 17.0. The van der Waals surface area contributed by atoms with Gasteiger partial charge in [-0.1, -0.05) is 200 Å². The molecule has 0 saturated heterocycles. The Morgan fingerprint density at radius 3 is 1.11 bits per heavy atom. The van der Waals surface area contributed by atoms with Crippen LogP contribution in [0.3, 0.4) is 0 Å². The van der Waals surface area contributed by atoms with Crippen molar-refractivity contribution >= 4 is 160 Å². The summed E-state index contributed by atoms with van der Waals surface area (Å²) in [7, 11) is 0. The quantitative estimate of drug-likeness (QED) is 0.125. The lowest BCUT2D eigenvalue weighted by molar-refractivity contribution is 0.476. The van der Waals surface area contributed by atoms with Crippen LogP contribution in [0.5, 0.6) is 11.5 Å². The Morgan fingerprint density at radius 2 is 0.628 bits per heavy atom. The van der Waals surface area contributed by atoms with Gasteiger partial charge >= 0.3 is 0 Å². The largest absolute Gasteiger partial charge is 0.457 e. The normalized spacial score (nSPS) is 13.2.